The Morgan fingerprint density at radius 1 is 1.38 bits per heavy atom. The van der Waals surface area contributed by atoms with Gasteiger partial charge in [0, 0.05) is 17.0 Å². The Kier molecular flexibility index (Phi) is 1.65. The smallest absolute Gasteiger partial charge is 0.177 e. The van der Waals surface area contributed by atoms with E-state index < -0.39 is 5.82 Å². The van der Waals surface area contributed by atoms with E-state index in [9.17, 15) is 4.39 Å². The predicted molar refractivity (Wildman–Crippen MR) is 56.1 cm³/mol. The minimum atomic E-state index is -0.598. The van der Waals surface area contributed by atoms with Gasteiger partial charge in [0.25, 0.3) is 0 Å². The lowest BCUT2D eigenvalue weighted by molar-refractivity contribution is 0.630. The maximum atomic E-state index is 13.9. The van der Waals surface area contributed by atoms with Gasteiger partial charge in [-0.1, -0.05) is 0 Å². The quantitative estimate of drug-likeness (QED) is 0.620. The summed E-state index contributed by atoms with van der Waals surface area (Å²) < 4.78 is 13.9. The topological polar surface area (TPSA) is 65.4 Å². The maximum absolute atomic E-state index is 13.9. The number of fused-ring (bicyclic) bond motifs is 3. The van der Waals surface area contributed by atoms with Gasteiger partial charge in [-0.25, -0.2) is 14.4 Å². The van der Waals surface area contributed by atoms with E-state index in [-0.39, 0.29) is 5.69 Å². The van der Waals surface area contributed by atoms with Crippen LogP contribution >= 0.6 is 0 Å². The molecule has 3 aromatic rings. The Labute approximate surface area is 89.4 Å². The van der Waals surface area contributed by atoms with Crippen LogP contribution in [-0.4, -0.2) is 15.0 Å². The van der Waals surface area contributed by atoms with Crippen LogP contribution in [0.4, 0.5) is 4.39 Å². The van der Waals surface area contributed by atoms with Crippen LogP contribution < -0.4 is 0 Å². The molecule has 1 N–H and O–H groups in total. The number of rotatable bonds is 0. The molecule has 0 radical (unpaired) electrons. The summed E-state index contributed by atoms with van der Waals surface area (Å²) in [5.74, 6) is -0.598. The first-order chi connectivity index (χ1) is 7.81. The molecule has 0 saturated heterocycles. The molecule has 0 aliphatic rings. The number of aromatic amines is 1. The van der Waals surface area contributed by atoms with Crippen molar-refractivity contribution in [2.24, 2.45) is 0 Å². The molecule has 0 aliphatic carbocycles. The summed E-state index contributed by atoms with van der Waals surface area (Å²) in [4.78, 5) is 10.8. The molecule has 16 heavy (non-hydrogen) atoms. The van der Waals surface area contributed by atoms with Gasteiger partial charge in [0.2, 0.25) is 0 Å². The fraction of sp³-hybridized carbons (Fsp3) is 0. The molecule has 4 nitrogen and oxygen atoms in total. The van der Waals surface area contributed by atoms with Crippen LogP contribution in [0.1, 0.15) is 5.69 Å². The minimum Gasteiger partial charge on any atom is -0.338 e. The third-order valence-electron chi connectivity index (χ3n) is 2.46. The van der Waals surface area contributed by atoms with Crippen molar-refractivity contribution < 1.29 is 4.39 Å². The number of aromatic nitrogens is 3. The fourth-order valence-electron chi connectivity index (χ4n) is 1.76. The molecule has 0 fully saturated rings. The minimum absolute atomic E-state index is 0.197. The number of hydrogen-bond donors (Lipinski definition) is 1. The van der Waals surface area contributed by atoms with Gasteiger partial charge in [-0.05, 0) is 12.1 Å². The summed E-state index contributed by atoms with van der Waals surface area (Å²) in [6.07, 6.45) is 3.06. The Morgan fingerprint density at radius 2 is 2.25 bits per heavy atom. The van der Waals surface area contributed by atoms with Crippen LogP contribution in [0, 0.1) is 17.1 Å². The highest BCUT2D eigenvalue weighted by atomic mass is 19.1. The van der Waals surface area contributed by atoms with Crippen LogP contribution in [0.3, 0.4) is 0 Å². The molecule has 5 heteroatoms. The van der Waals surface area contributed by atoms with E-state index >= 15 is 0 Å². The number of pyridine rings is 2. The lowest BCUT2D eigenvalue weighted by Crippen LogP contribution is -1.89. The molecule has 0 unspecified atom stereocenters. The van der Waals surface area contributed by atoms with E-state index in [1.165, 1.54) is 6.20 Å². The van der Waals surface area contributed by atoms with E-state index in [0.717, 1.165) is 0 Å². The Bertz CT molecular complexity index is 739. The third kappa shape index (κ3) is 1.01. The van der Waals surface area contributed by atoms with Gasteiger partial charge in [0.05, 0.1) is 11.7 Å². The van der Waals surface area contributed by atoms with Crippen molar-refractivity contribution in [3.8, 4) is 6.07 Å². The molecule has 0 aromatic carbocycles. The predicted octanol–water partition coefficient (Wildman–Crippen LogP) is 2.12. The highest BCUT2D eigenvalue weighted by Gasteiger charge is 2.13. The van der Waals surface area contributed by atoms with E-state index in [4.69, 9.17) is 5.26 Å². The van der Waals surface area contributed by atoms with Gasteiger partial charge in [0.15, 0.2) is 11.5 Å². The summed E-state index contributed by atoms with van der Waals surface area (Å²) in [6.45, 7) is 0. The highest BCUT2D eigenvalue weighted by Crippen LogP contribution is 2.26. The Balaban J connectivity index is 2.59. The van der Waals surface area contributed by atoms with Gasteiger partial charge in [-0.2, -0.15) is 5.26 Å². The maximum Gasteiger partial charge on any atom is 0.177 e. The molecular formula is C11H5FN4. The summed E-state index contributed by atoms with van der Waals surface area (Å²) in [5, 5.41) is 9.74. The van der Waals surface area contributed by atoms with E-state index in [1.54, 1.807) is 24.4 Å². The number of hydrogen-bond acceptors (Lipinski definition) is 3. The molecule has 0 atom stereocenters. The highest BCUT2D eigenvalue weighted by molar-refractivity contribution is 6.06. The molecule has 76 valence electrons. The second-order valence-corrected chi connectivity index (χ2v) is 3.35. The van der Waals surface area contributed by atoms with Crippen LogP contribution in [0.15, 0.2) is 24.5 Å². The monoisotopic (exact) mass is 212 g/mol. The first-order valence-electron chi connectivity index (χ1n) is 4.62. The second-order valence-electron chi connectivity index (χ2n) is 3.35. The average molecular weight is 212 g/mol. The number of halogens is 1. The molecule has 3 rings (SSSR count). The average Bonchev–Trinajstić information content (AvgIpc) is 2.68. The second kappa shape index (κ2) is 3.00. The SMILES string of the molecule is N#Cc1ncc2[nH]c3ncccc3c2c1F. The molecule has 0 bridgehead atoms. The van der Waals surface area contributed by atoms with Crippen molar-refractivity contribution in [1.82, 2.24) is 15.0 Å². The summed E-state index contributed by atoms with van der Waals surface area (Å²) in [5.41, 5.74) is 0.941. The normalized spacial score (nSPS) is 10.8. The first kappa shape index (κ1) is 8.80. The Hall–Kier alpha value is -2.48. The van der Waals surface area contributed by atoms with Crippen molar-refractivity contribution in [3.05, 3.63) is 36.0 Å². The van der Waals surface area contributed by atoms with Gasteiger partial charge in [0.1, 0.15) is 11.7 Å². The van der Waals surface area contributed by atoms with Crippen LogP contribution in [0.25, 0.3) is 21.9 Å². The van der Waals surface area contributed by atoms with Crippen LogP contribution in [-0.2, 0) is 0 Å². The van der Waals surface area contributed by atoms with Gasteiger partial charge in [-0.3, -0.25) is 0 Å². The van der Waals surface area contributed by atoms with Crippen LogP contribution in [0.2, 0.25) is 0 Å². The lowest BCUT2D eigenvalue weighted by Gasteiger charge is -1.94. The fourth-order valence-corrected chi connectivity index (χ4v) is 1.76. The third-order valence-corrected chi connectivity index (χ3v) is 2.46. The van der Waals surface area contributed by atoms with Gasteiger partial charge in [-0.15, -0.1) is 0 Å². The number of nitrogens with zero attached hydrogens (tertiary/aromatic N) is 3. The van der Waals surface area contributed by atoms with Crippen molar-refractivity contribution in [3.63, 3.8) is 0 Å². The zero-order chi connectivity index (χ0) is 11.1. The standard InChI is InChI=1S/C11H5FN4/c12-10-7(4-13)15-5-8-9(10)6-2-1-3-14-11(6)16-8/h1-3,5H,(H,14,16). The van der Waals surface area contributed by atoms with Crippen LogP contribution in [0.5, 0.6) is 0 Å². The molecule has 0 amide bonds. The van der Waals surface area contributed by atoms with E-state index in [0.29, 0.717) is 21.9 Å². The van der Waals surface area contributed by atoms with Gasteiger partial charge >= 0.3 is 0 Å². The number of H-pyrrole nitrogens is 1. The molecule has 0 spiro atoms. The number of nitriles is 1. The van der Waals surface area contributed by atoms with Crippen molar-refractivity contribution in [2.45, 2.75) is 0 Å². The molecule has 3 heterocycles. The first-order valence-corrected chi connectivity index (χ1v) is 4.62. The zero-order valence-electron chi connectivity index (χ0n) is 8.03. The van der Waals surface area contributed by atoms with Crippen molar-refractivity contribution in [1.29, 1.82) is 5.26 Å². The molecule has 3 aromatic heterocycles. The van der Waals surface area contributed by atoms with Gasteiger partial charge < -0.3 is 4.98 Å². The van der Waals surface area contributed by atoms with E-state index in [2.05, 4.69) is 15.0 Å². The summed E-state index contributed by atoms with van der Waals surface area (Å²) in [6, 6.07) is 5.20. The summed E-state index contributed by atoms with van der Waals surface area (Å²) >= 11 is 0. The Morgan fingerprint density at radius 3 is 3.06 bits per heavy atom. The van der Waals surface area contributed by atoms with Crippen molar-refractivity contribution in [2.75, 3.05) is 0 Å². The molecule has 0 aliphatic heterocycles. The van der Waals surface area contributed by atoms with Crippen molar-refractivity contribution >= 4 is 21.9 Å². The molecular weight excluding hydrogens is 207 g/mol. The summed E-state index contributed by atoms with van der Waals surface area (Å²) in [7, 11) is 0. The lowest BCUT2D eigenvalue weighted by atomic mass is 10.2. The largest absolute Gasteiger partial charge is 0.338 e. The van der Waals surface area contributed by atoms with E-state index in [1.807, 2.05) is 0 Å². The zero-order valence-corrected chi connectivity index (χ0v) is 8.03. The molecule has 0 saturated carbocycles. The number of nitrogens with one attached hydrogen (secondary N) is 1.